The maximum absolute atomic E-state index is 11.7. The van der Waals surface area contributed by atoms with Crippen LogP contribution in [0.1, 0.15) is 23.0 Å². The third-order valence-corrected chi connectivity index (χ3v) is 2.98. The molecular weight excluding hydrogens is 298 g/mol. The van der Waals surface area contributed by atoms with Crippen LogP contribution in [0.2, 0.25) is 0 Å². The number of hydrogen-bond acceptors (Lipinski definition) is 5. The fourth-order valence-electron chi connectivity index (χ4n) is 1.83. The lowest BCUT2D eigenvalue weighted by molar-refractivity contribution is -0.118. The largest absolute Gasteiger partial charge is 0.467 e. The van der Waals surface area contributed by atoms with Gasteiger partial charge in [0.25, 0.3) is 0 Å². The molecule has 2 rings (SSSR count). The van der Waals surface area contributed by atoms with Crippen LogP contribution >= 0.6 is 0 Å². The summed E-state index contributed by atoms with van der Waals surface area (Å²) >= 11 is 0. The number of furan rings is 1. The number of nitrogens with one attached hydrogen (secondary N) is 3. The zero-order valence-corrected chi connectivity index (χ0v) is 12.6. The molecule has 0 atom stereocenters. The summed E-state index contributed by atoms with van der Waals surface area (Å²) in [6, 6.07) is 9.60. The third-order valence-electron chi connectivity index (χ3n) is 2.98. The number of urea groups is 1. The van der Waals surface area contributed by atoms with E-state index in [4.69, 9.17) is 4.42 Å². The molecule has 0 radical (unpaired) electrons. The smallest absolute Gasteiger partial charge is 0.321 e. The molecule has 0 fully saturated rings. The minimum absolute atomic E-state index is 0.0598. The van der Waals surface area contributed by atoms with Crippen molar-refractivity contribution in [2.75, 3.05) is 11.9 Å². The van der Waals surface area contributed by atoms with Gasteiger partial charge in [-0.25, -0.2) is 4.79 Å². The van der Waals surface area contributed by atoms with Crippen LogP contribution in [0.3, 0.4) is 0 Å². The van der Waals surface area contributed by atoms with Crippen molar-refractivity contribution in [1.82, 2.24) is 10.6 Å². The zero-order valence-electron chi connectivity index (χ0n) is 12.6. The van der Waals surface area contributed by atoms with Crippen molar-refractivity contribution in [3.8, 4) is 0 Å². The number of hydrogen-bond donors (Lipinski definition) is 3. The van der Waals surface area contributed by atoms with E-state index in [9.17, 15) is 14.4 Å². The summed E-state index contributed by atoms with van der Waals surface area (Å²) in [7, 11) is 0. The van der Waals surface area contributed by atoms with Crippen molar-refractivity contribution >= 4 is 23.4 Å². The first-order chi connectivity index (χ1) is 11.0. The predicted molar refractivity (Wildman–Crippen MR) is 84.0 cm³/mol. The van der Waals surface area contributed by atoms with E-state index >= 15 is 0 Å². The summed E-state index contributed by atoms with van der Waals surface area (Å²) in [5.74, 6) is 0.0392. The first kappa shape index (κ1) is 16.3. The number of imide groups is 1. The quantitative estimate of drug-likeness (QED) is 0.707. The van der Waals surface area contributed by atoms with E-state index in [1.807, 2.05) is 0 Å². The Hall–Kier alpha value is -3.09. The Labute approximate surface area is 133 Å². The van der Waals surface area contributed by atoms with Gasteiger partial charge in [0.2, 0.25) is 5.91 Å². The molecule has 2 aromatic rings. The molecule has 0 aliphatic rings. The van der Waals surface area contributed by atoms with Crippen LogP contribution in [-0.4, -0.2) is 24.3 Å². The van der Waals surface area contributed by atoms with Gasteiger partial charge in [0.15, 0.2) is 5.78 Å². The van der Waals surface area contributed by atoms with Crippen molar-refractivity contribution in [3.05, 3.63) is 54.0 Å². The molecule has 23 heavy (non-hydrogen) atoms. The Kier molecular flexibility index (Phi) is 5.51. The first-order valence-corrected chi connectivity index (χ1v) is 6.99. The molecule has 1 heterocycles. The average Bonchev–Trinajstić information content (AvgIpc) is 3.04. The summed E-state index contributed by atoms with van der Waals surface area (Å²) < 4.78 is 5.06. The molecule has 3 amide bonds. The number of ketones is 1. The standard InChI is InChI=1S/C16H17N3O4/c1-11(20)12-4-2-5-13(8-12)17-10-15(21)19-16(22)18-9-14-6-3-7-23-14/h2-8,17H,9-10H2,1H3,(H2,18,19,21,22). The molecule has 1 aromatic heterocycles. The lowest BCUT2D eigenvalue weighted by Gasteiger charge is -2.08. The van der Waals surface area contributed by atoms with Gasteiger partial charge < -0.3 is 15.1 Å². The predicted octanol–water partition coefficient (Wildman–Crippen LogP) is 1.92. The molecule has 0 spiro atoms. The normalized spacial score (nSPS) is 9.96. The van der Waals surface area contributed by atoms with Crippen LogP contribution in [0.4, 0.5) is 10.5 Å². The summed E-state index contributed by atoms with van der Waals surface area (Å²) in [5.41, 5.74) is 1.18. The fraction of sp³-hybridized carbons (Fsp3) is 0.188. The number of rotatable bonds is 6. The van der Waals surface area contributed by atoms with Crippen LogP contribution in [0.5, 0.6) is 0 Å². The van der Waals surface area contributed by atoms with Crippen molar-refractivity contribution < 1.29 is 18.8 Å². The Bertz CT molecular complexity index is 695. The molecular formula is C16H17N3O4. The molecule has 7 nitrogen and oxygen atoms in total. The molecule has 0 saturated heterocycles. The highest BCUT2D eigenvalue weighted by Crippen LogP contribution is 2.10. The number of benzene rings is 1. The maximum Gasteiger partial charge on any atom is 0.321 e. The van der Waals surface area contributed by atoms with Crippen LogP contribution in [-0.2, 0) is 11.3 Å². The molecule has 0 unspecified atom stereocenters. The van der Waals surface area contributed by atoms with Crippen LogP contribution in [0.15, 0.2) is 47.1 Å². The minimum atomic E-state index is -0.606. The molecule has 0 aliphatic carbocycles. The van der Waals surface area contributed by atoms with Crippen molar-refractivity contribution in [2.45, 2.75) is 13.5 Å². The highest BCUT2D eigenvalue weighted by molar-refractivity contribution is 5.97. The van der Waals surface area contributed by atoms with E-state index in [1.54, 1.807) is 36.4 Å². The Morgan fingerprint density at radius 1 is 1.13 bits per heavy atom. The summed E-state index contributed by atoms with van der Waals surface area (Å²) in [6.45, 7) is 1.57. The topological polar surface area (TPSA) is 100 Å². The van der Waals surface area contributed by atoms with E-state index in [0.717, 1.165) is 0 Å². The number of amides is 3. The fourth-order valence-corrected chi connectivity index (χ4v) is 1.83. The Morgan fingerprint density at radius 2 is 1.96 bits per heavy atom. The van der Waals surface area contributed by atoms with Gasteiger partial charge in [0.1, 0.15) is 5.76 Å². The van der Waals surface area contributed by atoms with Gasteiger partial charge in [0, 0.05) is 11.3 Å². The van der Waals surface area contributed by atoms with E-state index in [1.165, 1.54) is 13.2 Å². The highest BCUT2D eigenvalue weighted by Gasteiger charge is 2.08. The lowest BCUT2D eigenvalue weighted by Crippen LogP contribution is -2.41. The van der Waals surface area contributed by atoms with Gasteiger partial charge in [-0.3, -0.25) is 14.9 Å². The molecule has 3 N–H and O–H groups in total. The van der Waals surface area contributed by atoms with Gasteiger partial charge in [-0.05, 0) is 31.2 Å². The monoisotopic (exact) mass is 315 g/mol. The molecule has 1 aromatic carbocycles. The van der Waals surface area contributed by atoms with E-state index in [2.05, 4.69) is 16.0 Å². The molecule has 0 saturated carbocycles. The second kappa shape index (κ2) is 7.79. The van der Waals surface area contributed by atoms with Crippen molar-refractivity contribution in [3.63, 3.8) is 0 Å². The van der Waals surface area contributed by atoms with E-state index in [-0.39, 0.29) is 18.9 Å². The minimum Gasteiger partial charge on any atom is -0.467 e. The Morgan fingerprint density at radius 3 is 2.65 bits per heavy atom. The SMILES string of the molecule is CC(=O)c1cccc(NCC(=O)NC(=O)NCc2ccco2)c1. The van der Waals surface area contributed by atoms with Gasteiger partial charge in [-0.1, -0.05) is 12.1 Å². The lowest BCUT2D eigenvalue weighted by atomic mass is 10.1. The van der Waals surface area contributed by atoms with Gasteiger partial charge in [0.05, 0.1) is 19.4 Å². The summed E-state index contributed by atoms with van der Waals surface area (Å²) in [5, 5.41) is 7.54. The molecule has 120 valence electrons. The van der Waals surface area contributed by atoms with E-state index in [0.29, 0.717) is 17.0 Å². The number of carbonyl (C=O) groups is 3. The second-order valence-corrected chi connectivity index (χ2v) is 4.80. The van der Waals surface area contributed by atoms with Crippen LogP contribution in [0, 0.1) is 0 Å². The summed E-state index contributed by atoms with van der Waals surface area (Å²) in [4.78, 5) is 34.5. The highest BCUT2D eigenvalue weighted by atomic mass is 16.3. The molecule has 0 aliphatic heterocycles. The van der Waals surface area contributed by atoms with Crippen molar-refractivity contribution in [1.29, 1.82) is 0 Å². The van der Waals surface area contributed by atoms with Gasteiger partial charge >= 0.3 is 6.03 Å². The van der Waals surface area contributed by atoms with Crippen LogP contribution in [0.25, 0.3) is 0 Å². The van der Waals surface area contributed by atoms with Gasteiger partial charge in [-0.2, -0.15) is 0 Å². The molecule has 0 bridgehead atoms. The second-order valence-electron chi connectivity index (χ2n) is 4.80. The summed E-state index contributed by atoms with van der Waals surface area (Å²) in [6.07, 6.45) is 1.50. The van der Waals surface area contributed by atoms with E-state index < -0.39 is 11.9 Å². The number of anilines is 1. The molecule has 7 heteroatoms. The third kappa shape index (κ3) is 5.31. The number of Topliss-reactive ketones (excluding diaryl/α,β-unsaturated/α-hetero) is 1. The zero-order chi connectivity index (χ0) is 16.7. The van der Waals surface area contributed by atoms with Gasteiger partial charge in [-0.15, -0.1) is 0 Å². The van der Waals surface area contributed by atoms with Crippen molar-refractivity contribution in [2.24, 2.45) is 0 Å². The number of carbonyl (C=O) groups excluding carboxylic acids is 3. The first-order valence-electron chi connectivity index (χ1n) is 6.99. The maximum atomic E-state index is 11.7. The average molecular weight is 315 g/mol. The Balaban J connectivity index is 1.75. The van der Waals surface area contributed by atoms with Crippen LogP contribution < -0.4 is 16.0 Å².